The molecule has 1 aromatic heterocycles. The summed E-state index contributed by atoms with van der Waals surface area (Å²) in [5, 5.41) is 0. The van der Waals surface area contributed by atoms with Crippen molar-refractivity contribution in [3.8, 4) is 5.88 Å². The van der Waals surface area contributed by atoms with Crippen LogP contribution in [0.25, 0.3) is 0 Å². The van der Waals surface area contributed by atoms with Crippen molar-refractivity contribution in [3.05, 3.63) is 22.3 Å². The van der Waals surface area contributed by atoms with Gasteiger partial charge in [0, 0.05) is 22.8 Å². The van der Waals surface area contributed by atoms with Crippen molar-refractivity contribution >= 4 is 15.9 Å². The SMILES string of the molecule is CC(C)CC(C)Oc1ncc(Br)cc1CN. The molecule has 90 valence electrons. The topological polar surface area (TPSA) is 48.1 Å². The summed E-state index contributed by atoms with van der Waals surface area (Å²) in [5.41, 5.74) is 6.59. The molecule has 0 saturated carbocycles. The molecule has 0 fully saturated rings. The lowest BCUT2D eigenvalue weighted by Gasteiger charge is -2.17. The molecule has 1 heterocycles. The lowest BCUT2D eigenvalue weighted by molar-refractivity contribution is 0.184. The maximum Gasteiger partial charge on any atom is 0.218 e. The van der Waals surface area contributed by atoms with Gasteiger partial charge in [-0.25, -0.2) is 4.98 Å². The molecule has 0 amide bonds. The van der Waals surface area contributed by atoms with E-state index in [9.17, 15) is 0 Å². The van der Waals surface area contributed by atoms with Gasteiger partial charge < -0.3 is 10.5 Å². The Labute approximate surface area is 106 Å². The maximum atomic E-state index is 5.79. The zero-order chi connectivity index (χ0) is 12.1. The van der Waals surface area contributed by atoms with Crippen LogP contribution in [0.5, 0.6) is 5.88 Å². The number of rotatable bonds is 5. The lowest BCUT2D eigenvalue weighted by atomic mass is 10.1. The van der Waals surface area contributed by atoms with E-state index in [0.29, 0.717) is 18.3 Å². The first-order chi connectivity index (χ1) is 7.52. The second kappa shape index (κ2) is 6.21. The van der Waals surface area contributed by atoms with Crippen molar-refractivity contribution in [3.63, 3.8) is 0 Å². The number of nitrogens with zero attached hydrogens (tertiary/aromatic N) is 1. The number of nitrogens with two attached hydrogens (primary N) is 1. The number of aromatic nitrogens is 1. The van der Waals surface area contributed by atoms with Gasteiger partial charge in [0.2, 0.25) is 5.88 Å². The molecule has 1 rings (SSSR count). The molecule has 1 aromatic rings. The van der Waals surface area contributed by atoms with Crippen LogP contribution >= 0.6 is 15.9 Å². The fourth-order valence-electron chi connectivity index (χ4n) is 1.62. The molecule has 4 heteroatoms. The molecule has 0 radical (unpaired) electrons. The molecule has 0 aliphatic rings. The third kappa shape index (κ3) is 4.10. The minimum atomic E-state index is 0.166. The number of hydrogen-bond donors (Lipinski definition) is 1. The molecule has 0 spiro atoms. The summed E-state index contributed by atoms with van der Waals surface area (Å²) >= 11 is 3.37. The highest BCUT2D eigenvalue weighted by Crippen LogP contribution is 2.21. The Morgan fingerprint density at radius 3 is 2.69 bits per heavy atom. The smallest absolute Gasteiger partial charge is 0.218 e. The van der Waals surface area contributed by atoms with Gasteiger partial charge >= 0.3 is 0 Å². The average molecular weight is 287 g/mol. The summed E-state index contributed by atoms with van der Waals surface area (Å²) in [4.78, 5) is 4.25. The van der Waals surface area contributed by atoms with Gasteiger partial charge in [0.15, 0.2) is 0 Å². The highest BCUT2D eigenvalue weighted by molar-refractivity contribution is 9.10. The van der Waals surface area contributed by atoms with E-state index in [0.717, 1.165) is 16.5 Å². The summed E-state index contributed by atoms with van der Waals surface area (Å²) < 4.78 is 6.72. The van der Waals surface area contributed by atoms with Crippen LogP contribution < -0.4 is 10.5 Å². The minimum Gasteiger partial charge on any atom is -0.474 e. The van der Waals surface area contributed by atoms with Gasteiger partial charge in [-0.15, -0.1) is 0 Å². The van der Waals surface area contributed by atoms with Crippen molar-refractivity contribution in [2.75, 3.05) is 0 Å². The van der Waals surface area contributed by atoms with Crippen LogP contribution in [0.2, 0.25) is 0 Å². The molecular weight excluding hydrogens is 268 g/mol. The van der Waals surface area contributed by atoms with Crippen LogP contribution in [0.15, 0.2) is 16.7 Å². The second-order valence-electron chi connectivity index (χ2n) is 4.38. The van der Waals surface area contributed by atoms with Gasteiger partial charge in [-0.1, -0.05) is 13.8 Å². The number of pyridine rings is 1. The Hall–Kier alpha value is -0.610. The Balaban J connectivity index is 2.72. The number of hydrogen-bond acceptors (Lipinski definition) is 3. The summed E-state index contributed by atoms with van der Waals surface area (Å²) in [5.74, 6) is 1.27. The van der Waals surface area contributed by atoms with E-state index in [2.05, 4.69) is 41.7 Å². The van der Waals surface area contributed by atoms with Crippen LogP contribution in [0.1, 0.15) is 32.8 Å². The van der Waals surface area contributed by atoms with E-state index in [1.165, 1.54) is 0 Å². The predicted molar refractivity (Wildman–Crippen MR) is 69.4 cm³/mol. The first-order valence-electron chi connectivity index (χ1n) is 5.54. The van der Waals surface area contributed by atoms with E-state index in [4.69, 9.17) is 10.5 Å². The standard InChI is InChI=1S/C12H19BrN2O/c1-8(2)4-9(3)16-12-10(6-14)5-11(13)7-15-12/h5,7-9H,4,6,14H2,1-3H3. The molecule has 1 atom stereocenters. The molecule has 0 aliphatic carbocycles. The van der Waals surface area contributed by atoms with Gasteiger partial charge in [-0.05, 0) is 41.3 Å². The van der Waals surface area contributed by atoms with Crippen LogP contribution in [0.4, 0.5) is 0 Å². The first-order valence-corrected chi connectivity index (χ1v) is 6.33. The molecular formula is C12H19BrN2O. The van der Waals surface area contributed by atoms with Crippen molar-refractivity contribution in [2.24, 2.45) is 11.7 Å². The molecule has 1 unspecified atom stereocenters. The van der Waals surface area contributed by atoms with E-state index in [1.807, 2.05) is 6.07 Å². The zero-order valence-corrected chi connectivity index (χ0v) is 11.6. The zero-order valence-electron chi connectivity index (χ0n) is 10.0. The summed E-state index contributed by atoms with van der Waals surface area (Å²) in [6.45, 7) is 6.86. The second-order valence-corrected chi connectivity index (χ2v) is 5.30. The van der Waals surface area contributed by atoms with Gasteiger partial charge in [0.05, 0.1) is 6.10 Å². The predicted octanol–water partition coefficient (Wildman–Crippen LogP) is 3.12. The highest BCUT2D eigenvalue weighted by Gasteiger charge is 2.11. The van der Waals surface area contributed by atoms with E-state index in [1.54, 1.807) is 6.20 Å². The van der Waals surface area contributed by atoms with Crippen LogP contribution in [0.3, 0.4) is 0 Å². The summed E-state index contributed by atoms with van der Waals surface area (Å²) in [7, 11) is 0. The third-order valence-electron chi connectivity index (χ3n) is 2.23. The molecule has 3 nitrogen and oxygen atoms in total. The molecule has 2 N–H and O–H groups in total. The minimum absolute atomic E-state index is 0.166. The molecule has 0 bridgehead atoms. The fraction of sp³-hybridized carbons (Fsp3) is 0.583. The summed E-state index contributed by atoms with van der Waals surface area (Å²) in [6, 6.07) is 1.95. The van der Waals surface area contributed by atoms with Gasteiger partial charge in [0.25, 0.3) is 0 Å². The Kier molecular flexibility index (Phi) is 5.22. The van der Waals surface area contributed by atoms with Crippen molar-refractivity contribution in [1.29, 1.82) is 0 Å². The number of ether oxygens (including phenoxy) is 1. The Bertz CT molecular complexity index is 342. The van der Waals surface area contributed by atoms with Crippen LogP contribution in [-0.4, -0.2) is 11.1 Å². The largest absolute Gasteiger partial charge is 0.474 e. The molecule has 0 saturated heterocycles. The molecule has 0 aliphatic heterocycles. The molecule has 0 aromatic carbocycles. The summed E-state index contributed by atoms with van der Waals surface area (Å²) in [6.07, 6.45) is 2.91. The molecule has 16 heavy (non-hydrogen) atoms. The van der Waals surface area contributed by atoms with Crippen molar-refractivity contribution in [1.82, 2.24) is 4.98 Å². The quantitative estimate of drug-likeness (QED) is 0.905. The lowest BCUT2D eigenvalue weighted by Crippen LogP contribution is -2.16. The van der Waals surface area contributed by atoms with Crippen molar-refractivity contribution in [2.45, 2.75) is 39.8 Å². The maximum absolute atomic E-state index is 5.79. The first kappa shape index (κ1) is 13.5. The van der Waals surface area contributed by atoms with E-state index < -0.39 is 0 Å². The Morgan fingerprint density at radius 1 is 1.44 bits per heavy atom. The normalized spacial score (nSPS) is 12.9. The van der Waals surface area contributed by atoms with Gasteiger partial charge in [-0.3, -0.25) is 0 Å². The monoisotopic (exact) mass is 286 g/mol. The van der Waals surface area contributed by atoms with Crippen molar-refractivity contribution < 1.29 is 4.74 Å². The number of halogens is 1. The fourth-order valence-corrected chi connectivity index (χ4v) is 2.00. The third-order valence-corrected chi connectivity index (χ3v) is 2.66. The van der Waals surface area contributed by atoms with Gasteiger partial charge in [0.1, 0.15) is 0 Å². The van der Waals surface area contributed by atoms with E-state index in [-0.39, 0.29) is 6.10 Å². The van der Waals surface area contributed by atoms with Crippen LogP contribution in [-0.2, 0) is 6.54 Å². The van der Waals surface area contributed by atoms with E-state index >= 15 is 0 Å². The van der Waals surface area contributed by atoms with Gasteiger partial charge in [-0.2, -0.15) is 0 Å². The highest BCUT2D eigenvalue weighted by atomic mass is 79.9. The average Bonchev–Trinajstić information content (AvgIpc) is 2.19. The Morgan fingerprint density at radius 2 is 2.12 bits per heavy atom. The van der Waals surface area contributed by atoms with Crippen LogP contribution in [0, 0.1) is 5.92 Å².